The van der Waals surface area contributed by atoms with Crippen molar-refractivity contribution in [3.05, 3.63) is 16.1 Å². The van der Waals surface area contributed by atoms with Gasteiger partial charge < -0.3 is 15.7 Å². The van der Waals surface area contributed by atoms with Gasteiger partial charge in [0.05, 0.1) is 13.1 Å². The number of carboxylic acid groups (broad SMARTS) is 1. The van der Waals surface area contributed by atoms with Crippen LogP contribution in [0.1, 0.15) is 22.4 Å². The van der Waals surface area contributed by atoms with Crippen LogP contribution in [-0.2, 0) is 11.3 Å². The van der Waals surface area contributed by atoms with Crippen LogP contribution in [0.3, 0.4) is 0 Å². The van der Waals surface area contributed by atoms with Crippen LogP contribution >= 0.6 is 11.3 Å². The average molecular weight is 243 g/mol. The second kappa shape index (κ2) is 6.19. The zero-order valence-corrected chi connectivity index (χ0v) is 9.63. The number of carbonyl (C=O) groups excluding carboxylic acids is 1. The number of carbonyl (C=O) groups is 2. The molecule has 16 heavy (non-hydrogen) atoms. The Morgan fingerprint density at radius 3 is 2.88 bits per heavy atom. The summed E-state index contributed by atoms with van der Waals surface area (Å²) in [6.45, 7) is 3.16. The number of hydrogen-bond donors (Lipinski definition) is 3. The van der Waals surface area contributed by atoms with E-state index in [1.807, 2.05) is 6.92 Å². The molecule has 88 valence electrons. The highest BCUT2D eigenvalue weighted by atomic mass is 32.1. The summed E-state index contributed by atoms with van der Waals surface area (Å²) in [5.41, 5.74) is 0.0148. The summed E-state index contributed by atoms with van der Waals surface area (Å²) in [5.74, 6) is -1.18. The van der Waals surface area contributed by atoms with E-state index in [4.69, 9.17) is 5.11 Å². The predicted molar refractivity (Wildman–Crippen MR) is 59.5 cm³/mol. The topological polar surface area (TPSA) is 91.3 Å². The van der Waals surface area contributed by atoms with E-state index in [0.717, 1.165) is 6.54 Å². The summed E-state index contributed by atoms with van der Waals surface area (Å²) in [5, 5.41) is 16.2. The predicted octanol–water partition coefficient (Wildman–Crippen LogP) is 0.0670. The van der Waals surface area contributed by atoms with Gasteiger partial charge >= 0.3 is 5.97 Å². The second-order valence-electron chi connectivity index (χ2n) is 2.99. The van der Waals surface area contributed by atoms with Crippen molar-refractivity contribution in [2.45, 2.75) is 13.5 Å². The lowest BCUT2D eigenvalue weighted by Gasteiger charge is -2.02. The number of nitrogens with one attached hydrogen (secondary N) is 2. The van der Waals surface area contributed by atoms with Crippen molar-refractivity contribution in [2.24, 2.45) is 0 Å². The van der Waals surface area contributed by atoms with Crippen LogP contribution < -0.4 is 10.6 Å². The third-order valence-corrected chi connectivity index (χ3v) is 2.59. The summed E-state index contributed by atoms with van der Waals surface area (Å²) in [7, 11) is 0. The molecule has 0 unspecified atom stereocenters. The molecule has 0 saturated heterocycles. The number of thiazole rings is 1. The highest BCUT2D eigenvalue weighted by Crippen LogP contribution is 2.08. The number of aromatic nitrogens is 1. The molecule has 0 radical (unpaired) electrons. The Hall–Kier alpha value is -1.47. The fraction of sp³-hybridized carbons (Fsp3) is 0.444. The molecule has 3 N–H and O–H groups in total. The smallest absolute Gasteiger partial charge is 0.355 e. The second-order valence-corrected chi connectivity index (χ2v) is 3.93. The highest BCUT2D eigenvalue weighted by molar-refractivity contribution is 7.09. The van der Waals surface area contributed by atoms with Crippen molar-refractivity contribution in [1.82, 2.24) is 15.6 Å². The minimum Gasteiger partial charge on any atom is -0.476 e. The third-order valence-electron chi connectivity index (χ3n) is 1.74. The lowest BCUT2D eigenvalue weighted by atomic mass is 10.5. The van der Waals surface area contributed by atoms with Crippen molar-refractivity contribution in [2.75, 3.05) is 13.1 Å². The fourth-order valence-corrected chi connectivity index (χ4v) is 1.67. The van der Waals surface area contributed by atoms with E-state index < -0.39 is 5.97 Å². The zero-order chi connectivity index (χ0) is 12.0. The molecule has 0 spiro atoms. The number of nitrogens with zero attached hydrogens (tertiary/aromatic N) is 1. The van der Waals surface area contributed by atoms with Gasteiger partial charge in [0.1, 0.15) is 5.01 Å². The number of hydrogen-bond acceptors (Lipinski definition) is 5. The number of rotatable bonds is 6. The molecule has 1 aromatic rings. The van der Waals surface area contributed by atoms with E-state index in [1.54, 1.807) is 0 Å². The van der Waals surface area contributed by atoms with Crippen molar-refractivity contribution >= 4 is 23.2 Å². The Bertz CT molecular complexity index is 378. The standard InChI is InChI=1S/C9H13N3O3S/c1-2-10-3-7(13)11-4-8-12-6(5-16-8)9(14)15/h5,10H,2-4H2,1H3,(H,11,13)(H,14,15). The van der Waals surface area contributed by atoms with Crippen molar-refractivity contribution in [1.29, 1.82) is 0 Å². The molecule has 0 saturated carbocycles. The van der Waals surface area contributed by atoms with Gasteiger partial charge in [-0.1, -0.05) is 6.92 Å². The molecule has 0 atom stereocenters. The van der Waals surface area contributed by atoms with E-state index in [1.165, 1.54) is 16.7 Å². The van der Waals surface area contributed by atoms with Crippen molar-refractivity contribution in [3.63, 3.8) is 0 Å². The molecule has 0 aromatic carbocycles. The van der Waals surface area contributed by atoms with Crippen LogP contribution in [-0.4, -0.2) is 35.1 Å². The van der Waals surface area contributed by atoms with Gasteiger partial charge in [-0.2, -0.15) is 0 Å². The molecule has 0 fully saturated rings. The summed E-state index contributed by atoms with van der Waals surface area (Å²) < 4.78 is 0. The van der Waals surface area contributed by atoms with E-state index in [-0.39, 0.29) is 24.7 Å². The maximum Gasteiger partial charge on any atom is 0.355 e. The van der Waals surface area contributed by atoms with E-state index in [9.17, 15) is 9.59 Å². The van der Waals surface area contributed by atoms with E-state index in [0.29, 0.717) is 5.01 Å². The van der Waals surface area contributed by atoms with Crippen LogP contribution in [0.15, 0.2) is 5.38 Å². The lowest BCUT2D eigenvalue weighted by Crippen LogP contribution is -2.33. The van der Waals surface area contributed by atoms with Gasteiger partial charge in [-0.25, -0.2) is 9.78 Å². The first kappa shape index (κ1) is 12.6. The minimum absolute atomic E-state index is 0.0148. The van der Waals surface area contributed by atoms with Gasteiger partial charge in [0.15, 0.2) is 5.69 Å². The van der Waals surface area contributed by atoms with Crippen molar-refractivity contribution < 1.29 is 14.7 Å². The molecule has 0 aliphatic heterocycles. The first-order chi connectivity index (χ1) is 7.63. The molecule has 1 amide bonds. The van der Waals surface area contributed by atoms with E-state index in [2.05, 4.69) is 15.6 Å². The molecule has 0 aliphatic rings. The van der Waals surface area contributed by atoms with Gasteiger partial charge in [-0.15, -0.1) is 11.3 Å². The summed E-state index contributed by atoms with van der Waals surface area (Å²) in [4.78, 5) is 25.6. The Balaban J connectivity index is 2.36. The fourth-order valence-electron chi connectivity index (χ4n) is 0.966. The molecule has 7 heteroatoms. The maximum atomic E-state index is 11.2. The van der Waals surface area contributed by atoms with Crippen LogP contribution in [0.2, 0.25) is 0 Å². The first-order valence-electron chi connectivity index (χ1n) is 4.78. The quantitative estimate of drug-likeness (QED) is 0.657. The maximum absolute atomic E-state index is 11.2. The van der Waals surface area contributed by atoms with Gasteiger partial charge in [0, 0.05) is 5.38 Å². The lowest BCUT2D eigenvalue weighted by molar-refractivity contribution is -0.120. The molecule has 1 heterocycles. The molecule has 0 bridgehead atoms. The van der Waals surface area contributed by atoms with Crippen LogP contribution in [0, 0.1) is 0 Å². The largest absolute Gasteiger partial charge is 0.476 e. The zero-order valence-electron chi connectivity index (χ0n) is 8.82. The Labute approximate surface area is 96.7 Å². The third kappa shape index (κ3) is 3.95. The molecular weight excluding hydrogens is 230 g/mol. The summed E-state index contributed by atoms with van der Waals surface area (Å²) in [6, 6.07) is 0. The Morgan fingerprint density at radius 1 is 1.56 bits per heavy atom. The molecule has 6 nitrogen and oxygen atoms in total. The monoisotopic (exact) mass is 243 g/mol. The van der Waals surface area contributed by atoms with E-state index >= 15 is 0 Å². The minimum atomic E-state index is -1.05. The number of likely N-dealkylation sites (N-methyl/N-ethyl adjacent to an activating group) is 1. The van der Waals surface area contributed by atoms with Crippen LogP contribution in [0.4, 0.5) is 0 Å². The SMILES string of the molecule is CCNCC(=O)NCc1nc(C(=O)O)cs1. The van der Waals surface area contributed by atoms with Gasteiger partial charge in [0.2, 0.25) is 5.91 Å². The number of amides is 1. The summed E-state index contributed by atoms with van der Waals surface area (Å²) >= 11 is 1.22. The number of carboxylic acids is 1. The Morgan fingerprint density at radius 2 is 2.31 bits per heavy atom. The van der Waals surface area contributed by atoms with Gasteiger partial charge in [0.25, 0.3) is 0 Å². The molecule has 1 rings (SSSR count). The van der Waals surface area contributed by atoms with Crippen molar-refractivity contribution in [3.8, 4) is 0 Å². The van der Waals surface area contributed by atoms with Gasteiger partial charge in [-0.05, 0) is 6.54 Å². The average Bonchev–Trinajstić information content (AvgIpc) is 2.72. The first-order valence-corrected chi connectivity index (χ1v) is 5.66. The van der Waals surface area contributed by atoms with Crippen LogP contribution in [0.5, 0.6) is 0 Å². The molecular formula is C9H13N3O3S. The van der Waals surface area contributed by atoms with Crippen LogP contribution in [0.25, 0.3) is 0 Å². The number of aromatic carboxylic acids is 1. The normalized spacial score (nSPS) is 10.1. The van der Waals surface area contributed by atoms with Gasteiger partial charge in [-0.3, -0.25) is 4.79 Å². The molecule has 0 aliphatic carbocycles. The molecule has 1 aromatic heterocycles. The summed E-state index contributed by atoms with van der Waals surface area (Å²) in [6.07, 6.45) is 0. The highest BCUT2D eigenvalue weighted by Gasteiger charge is 2.09. The Kier molecular flexibility index (Phi) is 4.87.